The second-order valence-electron chi connectivity index (χ2n) is 8.82. The fourth-order valence-corrected chi connectivity index (χ4v) is 5.61. The quantitative estimate of drug-likeness (QED) is 0.773. The van der Waals surface area contributed by atoms with Crippen molar-refractivity contribution in [3.8, 4) is 0 Å². The molecule has 3 N–H and O–H groups in total. The molecule has 3 aliphatic rings. The van der Waals surface area contributed by atoms with Gasteiger partial charge in [-0.25, -0.2) is 18.5 Å². The summed E-state index contributed by atoms with van der Waals surface area (Å²) in [6.45, 7) is 3.60. The molecule has 0 aromatic carbocycles. The number of urea groups is 1. The fraction of sp³-hybridized carbons (Fsp3) is 0.550. The monoisotopic (exact) mass is 432 g/mol. The van der Waals surface area contributed by atoms with E-state index in [1.165, 1.54) is 4.68 Å². The molecule has 1 atom stereocenters. The number of fused-ring (bicyclic) bond motifs is 3. The lowest BCUT2D eigenvalue weighted by atomic mass is 10.0. The van der Waals surface area contributed by atoms with Crippen molar-refractivity contribution >= 4 is 21.6 Å². The molecule has 10 heteroatoms. The van der Waals surface area contributed by atoms with Gasteiger partial charge >= 0.3 is 6.03 Å². The number of carbonyl (C=O) groups excluding carboxylic acids is 1. The normalized spacial score (nSPS) is 20.2. The molecule has 8 nitrogen and oxygen atoms in total. The maximum Gasteiger partial charge on any atom is 0.354 e. The third kappa shape index (κ3) is 3.04. The number of hydrogen-bond donors (Lipinski definition) is 2. The lowest BCUT2D eigenvalue weighted by Gasteiger charge is -2.16. The van der Waals surface area contributed by atoms with E-state index in [4.69, 9.17) is 10.1 Å². The van der Waals surface area contributed by atoms with Gasteiger partial charge in [0.15, 0.2) is 15.7 Å². The maximum absolute atomic E-state index is 14.3. The number of nitrogens with two attached hydrogens (primary N) is 1. The molecule has 160 valence electrons. The zero-order chi connectivity index (χ0) is 21.3. The number of anilines is 1. The Balaban J connectivity index is 1.50. The van der Waals surface area contributed by atoms with Gasteiger partial charge in [-0.2, -0.15) is 5.10 Å². The molecule has 2 amide bonds. The highest BCUT2D eigenvalue weighted by Gasteiger charge is 2.51. The second kappa shape index (κ2) is 6.58. The van der Waals surface area contributed by atoms with Crippen molar-refractivity contribution in [1.29, 1.82) is 0 Å². The van der Waals surface area contributed by atoms with E-state index in [1.807, 2.05) is 0 Å². The van der Waals surface area contributed by atoms with Gasteiger partial charge in [-0.05, 0) is 69.9 Å². The molecule has 1 spiro atoms. The molecular formula is C20H25FN6O2S. The first kappa shape index (κ1) is 19.6. The Hall–Kier alpha value is -2.33. The first-order valence-corrected chi connectivity index (χ1v) is 11.9. The van der Waals surface area contributed by atoms with Gasteiger partial charge in [-0.1, -0.05) is 0 Å². The van der Waals surface area contributed by atoms with Crippen LogP contribution in [0.4, 0.5) is 14.9 Å². The number of pyridine rings is 1. The van der Waals surface area contributed by atoms with E-state index >= 15 is 0 Å². The molecule has 1 fully saturated rings. The van der Waals surface area contributed by atoms with Crippen LogP contribution in [0, 0.1) is 5.82 Å². The van der Waals surface area contributed by atoms with Crippen molar-refractivity contribution in [2.24, 2.45) is 9.50 Å². The largest absolute Gasteiger partial charge is 0.354 e. The van der Waals surface area contributed by atoms with Gasteiger partial charge in [0.05, 0.1) is 17.6 Å². The van der Waals surface area contributed by atoms with Crippen LogP contribution in [0.25, 0.3) is 0 Å². The number of carbonyl (C=O) groups is 1. The van der Waals surface area contributed by atoms with Crippen molar-refractivity contribution < 1.29 is 13.4 Å². The summed E-state index contributed by atoms with van der Waals surface area (Å²) in [7, 11) is -3.82. The number of amides is 2. The number of halogens is 1. The zero-order valence-electron chi connectivity index (χ0n) is 17.1. The summed E-state index contributed by atoms with van der Waals surface area (Å²) in [6.07, 6.45) is 8.01. The highest BCUT2D eigenvalue weighted by Crippen LogP contribution is 2.58. The molecule has 0 unspecified atom stereocenters. The van der Waals surface area contributed by atoms with Gasteiger partial charge in [0, 0.05) is 17.2 Å². The SMILES string of the molecule is CC(C)n1cc(F)c([S@](N)(=O)=NC(=O)Nc2c3c(nc4c2CCC42CC2)CCC3)n1. The summed E-state index contributed by atoms with van der Waals surface area (Å²) in [5.74, 6) is -0.839. The Morgan fingerprint density at radius 3 is 2.73 bits per heavy atom. The first-order chi connectivity index (χ1) is 14.2. The van der Waals surface area contributed by atoms with E-state index in [2.05, 4.69) is 14.8 Å². The Morgan fingerprint density at radius 2 is 2.07 bits per heavy atom. The molecule has 2 aromatic rings. The molecule has 0 aliphatic heterocycles. The van der Waals surface area contributed by atoms with Crippen molar-refractivity contribution in [2.45, 2.75) is 75.3 Å². The molecule has 5 rings (SSSR count). The average Bonchev–Trinajstić information content (AvgIpc) is 3.00. The van der Waals surface area contributed by atoms with Crippen molar-refractivity contribution in [2.75, 3.05) is 5.32 Å². The van der Waals surface area contributed by atoms with Crippen LogP contribution in [0.5, 0.6) is 0 Å². The smallest absolute Gasteiger partial charge is 0.305 e. The van der Waals surface area contributed by atoms with Gasteiger partial charge < -0.3 is 5.32 Å². The zero-order valence-corrected chi connectivity index (χ0v) is 17.9. The Labute approximate surface area is 174 Å². The summed E-state index contributed by atoms with van der Waals surface area (Å²) in [6, 6.07) is -0.991. The number of hydrogen-bond acceptors (Lipinski definition) is 4. The molecule has 0 bridgehead atoms. The van der Waals surface area contributed by atoms with E-state index in [-0.39, 0.29) is 11.5 Å². The van der Waals surface area contributed by atoms with Crippen LogP contribution in [-0.2, 0) is 34.6 Å². The molecule has 0 radical (unpaired) electrons. The van der Waals surface area contributed by atoms with Gasteiger partial charge in [-0.3, -0.25) is 9.67 Å². The van der Waals surface area contributed by atoms with Crippen LogP contribution in [-0.4, -0.2) is 25.0 Å². The predicted octanol–water partition coefficient (Wildman–Crippen LogP) is 3.40. The molecule has 1 saturated carbocycles. The Bertz CT molecular complexity index is 1190. The minimum Gasteiger partial charge on any atom is -0.305 e. The number of rotatable bonds is 3. The predicted molar refractivity (Wildman–Crippen MR) is 110 cm³/mol. The summed E-state index contributed by atoms with van der Waals surface area (Å²) < 4.78 is 32.0. The summed E-state index contributed by atoms with van der Waals surface area (Å²) in [5, 5.41) is 12.0. The van der Waals surface area contributed by atoms with E-state index in [1.54, 1.807) is 13.8 Å². The van der Waals surface area contributed by atoms with Crippen molar-refractivity contribution in [1.82, 2.24) is 14.8 Å². The number of aryl methyl sites for hydroxylation is 1. The topological polar surface area (TPSA) is 115 Å². The van der Waals surface area contributed by atoms with E-state index < -0.39 is 26.8 Å². The van der Waals surface area contributed by atoms with Gasteiger partial charge in [-0.15, -0.1) is 4.36 Å². The molecule has 30 heavy (non-hydrogen) atoms. The van der Waals surface area contributed by atoms with Crippen LogP contribution in [0.3, 0.4) is 0 Å². The van der Waals surface area contributed by atoms with Crippen molar-refractivity contribution in [3.05, 3.63) is 34.5 Å². The van der Waals surface area contributed by atoms with Crippen LogP contribution in [0.2, 0.25) is 0 Å². The number of nitrogens with one attached hydrogen (secondary N) is 1. The minimum absolute atomic E-state index is 0.144. The maximum atomic E-state index is 14.3. The number of aromatic nitrogens is 3. The highest BCUT2D eigenvalue weighted by atomic mass is 32.2. The summed E-state index contributed by atoms with van der Waals surface area (Å²) >= 11 is 0. The summed E-state index contributed by atoms with van der Waals surface area (Å²) in [5.41, 5.74) is 5.16. The third-order valence-corrected chi connectivity index (χ3v) is 7.71. The molecule has 2 heterocycles. The van der Waals surface area contributed by atoms with Gasteiger partial charge in [0.1, 0.15) is 0 Å². The minimum atomic E-state index is -3.82. The van der Waals surface area contributed by atoms with Gasteiger partial charge in [0.25, 0.3) is 0 Å². The Morgan fingerprint density at radius 1 is 1.30 bits per heavy atom. The Kier molecular flexibility index (Phi) is 4.31. The third-order valence-electron chi connectivity index (χ3n) is 6.45. The van der Waals surface area contributed by atoms with E-state index in [0.29, 0.717) is 0 Å². The lowest BCUT2D eigenvalue weighted by molar-refractivity contribution is 0.260. The molecule has 3 aliphatic carbocycles. The second-order valence-corrected chi connectivity index (χ2v) is 10.5. The first-order valence-electron chi connectivity index (χ1n) is 10.4. The molecule has 0 saturated heterocycles. The lowest BCUT2D eigenvalue weighted by Crippen LogP contribution is -2.20. The molecule has 2 aromatic heterocycles. The number of nitrogens with zero attached hydrogens (tertiary/aromatic N) is 4. The summed E-state index contributed by atoms with van der Waals surface area (Å²) in [4.78, 5) is 17.7. The highest BCUT2D eigenvalue weighted by molar-refractivity contribution is 7.91. The average molecular weight is 433 g/mol. The van der Waals surface area contributed by atoms with Crippen LogP contribution in [0.1, 0.15) is 68.1 Å². The van der Waals surface area contributed by atoms with Crippen LogP contribution < -0.4 is 10.5 Å². The van der Waals surface area contributed by atoms with E-state index in [9.17, 15) is 13.4 Å². The van der Waals surface area contributed by atoms with Crippen molar-refractivity contribution in [3.63, 3.8) is 0 Å². The standard InChI is InChI=1S/C20H25FN6O2S/c1-11(2)27-10-14(21)18(25-27)30(22,29)26-19(28)24-16-12-4-3-5-15(12)23-17-13(16)6-7-20(17)8-9-20/h10-11H,3-9H2,1-2H3,(H3,22,23,24,26,28,29)/t30-/m1/s1. The molecular weight excluding hydrogens is 407 g/mol. The van der Waals surface area contributed by atoms with Crippen LogP contribution >= 0.6 is 0 Å². The van der Waals surface area contributed by atoms with E-state index in [0.717, 1.165) is 79.3 Å². The fourth-order valence-electron chi connectivity index (χ4n) is 4.69. The van der Waals surface area contributed by atoms with Gasteiger partial charge in [0.2, 0.25) is 5.03 Å². The van der Waals surface area contributed by atoms with Crippen LogP contribution in [0.15, 0.2) is 15.6 Å².